The highest BCUT2D eigenvalue weighted by Gasteiger charge is 2.18. The fourth-order valence-electron chi connectivity index (χ4n) is 0.283. The summed E-state index contributed by atoms with van der Waals surface area (Å²) in [7, 11) is 0. The van der Waals surface area contributed by atoms with E-state index in [1.807, 2.05) is 0 Å². The van der Waals surface area contributed by atoms with Crippen molar-refractivity contribution in [2.45, 2.75) is 40.5 Å². The Morgan fingerprint density at radius 1 is 1.00 bits per heavy atom. The first kappa shape index (κ1) is 16.1. The SMILES string of the molecule is CC(=O)CCC(=O)O.CC(C)(C)C(=O)O. The molecular weight excluding hydrogens is 200 g/mol. The van der Waals surface area contributed by atoms with Crippen molar-refractivity contribution < 1.29 is 24.6 Å². The number of aliphatic carboxylic acids is 2. The van der Waals surface area contributed by atoms with E-state index in [9.17, 15) is 14.4 Å². The second-order valence-corrected chi connectivity index (χ2v) is 4.15. The first-order chi connectivity index (χ1) is 6.57. The van der Waals surface area contributed by atoms with Crippen LogP contribution in [0.25, 0.3) is 0 Å². The molecule has 15 heavy (non-hydrogen) atoms. The highest BCUT2D eigenvalue weighted by atomic mass is 16.4. The number of hydrogen-bond acceptors (Lipinski definition) is 3. The predicted octanol–water partition coefficient (Wildman–Crippen LogP) is 1.56. The van der Waals surface area contributed by atoms with Gasteiger partial charge in [0.25, 0.3) is 0 Å². The van der Waals surface area contributed by atoms with E-state index in [0.717, 1.165) is 0 Å². The van der Waals surface area contributed by atoms with Gasteiger partial charge in [-0.2, -0.15) is 0 Å². The second kappa shape index (κ2) is 6.98. The van der Waals surface area contributed by atoms with E-state index in [1.165, 1.54) is 6.92 Å². The molecule has 5 heteroatoms. The van der Waals surface area contributed by atoms with E-state index in [0.29, 0.717) is 0 Å². The number of hydrogen-bond donors (Lipinski definition) is 2. The van der Waals surface area contributed by atoms with Crippen molar-refractivity contribution >= 4 is 17.7 Å². The molecule has 0 aromatic rings. The van der Waals surface area contributed by atoms with Gasteiger partial charge < -0.3 is 15.0 Å². The Bertz CT molecular complexity index is 223. The quantitative estimate of drug-likeness (QED) is 0.749. The molecular formula is C10H18O5. The molecule has 0 aromatic heterocycles. The minimum atomic E-state index is -0.916. The monoisotopic (exact) mass is 218 g/mol. The van der Waals surface area contributed by atoms with Crippen LogP contribution in [-0.4, -0.2) is 27.9 Å². The maximum Gasteiger partial charge on any atom is 0.308 e. The average Bonchev–Trinajstić information content (AvgIpc) is 2.00. The van der Waals surface area contributed by atoms with E-state index in [4.69, 9.17) is 10.2 Å². The molecule has 0 radical (unpaired) electrons. The van der Waals surface area contributed by atoms with Gasteiger partial charge in [-0.1, -0.05) is 0 Å². The van der Waals surface area contributed by atoms with Crippen LogP contribution >= 0.6 is 0 Å². The highest BCUT2D eigenvalue weighted by molar-refractivity contribution is 5.80. The molecule has 0 atom stereocenters. The van der Waals surface area contributed by atoms with Gasteiger partial charge in [0.05, 0.1) is 11.8 Å². The number of rotatable bonds is 3. The van der Waals surface area contributed by atoms with Crippen LogP contribution in [0.15, 0.2) is 0 Å². The zero-order valence-electron chi connectivity index (χ0n) is 9.53. The zero-order chi connectivity index (χ0) is 12.6. The average molecular weight is 218 g/mol. The van der Waals surface area contributed by atoms with Crippen molar-refractivity contribution in [2.24, 2.45) is 5.41 Å². The van der Waals surface area contributed by atoms with Crippen LogP contribution in [0, 0.1) is 5.41 Å². The standard InChI is InChI=1S/C5H8O3.C5H10O2/c1-4(6)2-3-5(7)8;1-5(2,3)4(6)7/h2-3H2,1H3,(H,7,8);1-3H3,(H,6,7). The van der Waals surface area contributed by atoms with E-state index < -0.39 is 17.4 Å². The largest absolute Gasteiger partial charge is 0.481 e. The smallest absolute Gasteiger partial charge is 0.308 e. The Hall–Kier alpha value is -1.39. The summed E-state index contributed by atoms with van der Waals surface area (Å²) in [4.78, 5) is 29.9. The molecule has 5 nitrogen and oxygen atoms in total. The first-order valence-corrected chi connectivity index (χ1v) is 4.52. The molecule has 88 valence electrons. The van der Waals surface area contributed by atoms with Gasteiger partial charge in [0.15, 0.2) is 0 Å². The molecule has 0 heterocycles. The Labute approximate surface area is 89.1 Å². The van der Waals surface area contributed by atoms with Gasteiger partial charge in [-0.05, 0) is 27.7 Å². The Morgan fingerprint density at radius 2 is 1.33 bits per heavy atom. The summed E-state index contributed by atoms with van der Waals surface area (Å²) in [6.45, 7) is 6.36. The third-order valence-electron chi connectivity index (χ3n) is 1.33. The minimum absolute atomic E-state index is 0.0463. The number of carbonyl (C=O) groups is 3. The van der Waals surface area contributed by atoms with Gasteiger partial charge in [-0.15, -0.1) is 0 Å². The fourth-order valence-corrected chi connectivity index (χ4v) is 0.283. The van der Waals surface area contributed by atoms with E-state index >= 15 is 0 Å². The molecule has 0 aliphatic heterocycles. The lowest BCUT2D eigenvalue weighted by Gasteiger charge is -2.08. The molecule has 0 bridgehead atoms. The molecule has 0 rings (SSSR count). The van der Waals surface area contributed by atoms with Crippen molar-refractivity contribution in [1.82, 2.24) is 0 Å². The maximum absolute atomic E-state index is 10.1. The topological polar surface area (TPSA) is 91.7 Å². The van der Waals surface area contributed by atoms with E-state index in [2.05, 4.69) is 0 Å². The molecule has 0 aromatic carbocycles. The van der Waals surface area contributed by atoms with Gasteiger partial charge in [0.2, 0.25) is 0 Å². The lowest BCUT2D eigenvalue weighted by Crippen LogP contribution is -2.18. The predicted molar refractivity (Wildman–Crippen MR) is 54.6 cm³/mol. The molecule has 0 aliphatic carbocycles. The van der Waals surface area contributed by atoms with Crippen LogP contribution in [0.2, 0.25) is 0 Å². The lowest BCUT2D eigenvalue weighted by molar-refractivity contribution is -0.145. The summed E-state index contributed by atoms with van der Waals surface area (Å²) in [6, 6.07) is 0. The molecule has 0 saturated heterocycles. The fraction of sp³-hybridized carbons (Fsp3) is 0.700. The van der Waals surface area contributed by atoms with E-state index in [1.54, 1.807) is 20.8 Å². The Kier molecular flexibility index (Phi) is 7.47. The number of carboxylic acid groups (broad SMARTS) is 2. The van der Waals surface area contributed by atoms with Crippen LogP contribution < -0.4 is 0 Å². The molecule has 0 spiro atoms. The normalized spacial score (nSPS) is 9.87. The number of ketones is 1. The van der Waals surface area contributed by atoms with Crippen LogP contribution in [0.3, 0.4) is 0 Å². The summed E-state index contributed by atoms with van der Waals surface area (Å²) in [5, 5.41) is 16.3. The van der Waals surface area contributed by atoms with Crippen LogP contribution in [0.4, 0.5) is 0 Å². The number of carboxylic acids is 2. The van der Waals surface area contributed by atoms with Crippen molar-refractivity contribution in [3.05, 3.63) is 0 Å². The van der Waals surface area contributed by atoms with Gasteiger partial charge >= 0.3 is 11.9 Å². The van der Waals surface area contributed by atoms with Crippen molar-refractivity contribution in [2.75, 3.05) is 0 Å². The van der Waals surface area contributed by atoms with Crippen LogP contribution in [0.5, 0.6) is 0 Å². The minimum Gasteiger partial charge on any atom is -0.481 e. The molecule has 0 fully saturated rings. The third-order valence-corrected chi connectivity index (χ3v) is 1.33. The Morgan fingerprint density at radius 3 is 1.40 bits per heavy atom. The molecule has 0 aliphatic rings. The summed E-state index contributed by atoms with van der Waals surface area (Å²) >= 11 is 0. The number of carbonyl (C=O) groups excluding carboxylic acids is 1. The Balaban J connectivity index is 0. The van der Waals surface area contributed by atoms with Crippen molar-refractivity contribution in [3.8, 4) is 0 Å². The summed E-state index contributed by atoms with van der Waals surface area (Å²) < 4.78 is 0. The molecule has 0 amide bonds. The summed E-state index contributed by atoms with van der Waals surface area (Å²) in [6.07, 6.45) is 0.102. The maximum atomic E-state index is 10.1. The second-order valence-electron chi connectivity index (χ2n) is 4.15. The third kappa shape index (κ3) is 15.4. The highest BCUT2D eigenvalue weighted by Crippen LogP contribution is 2.11. The van der Waals surface area contributed by atoms with Crippen LogP contribution in [0.1, 0.15) is 40.5 Å². The van der Waals surface area contributed by atoms with Gasteiger partial charge in [0.1, 0.15) is 5.78 Å². The van der Waals surface area contributed by atoms with E-state index in [-0.39, 0.29) is 18.6 Å². The molecule has 0 unspecified atom stereocenters. The van der Waals surface area contributed by atoms with Gasteiger partial charge in [-0.25, -0.2) is 0 Å². The van der Waals surface area contributed by atoms with Crippen molar-refractivity contribution in [3.63, 3.8) is 0 Å². The number of Topliss-reactive ketones (excluding diaryl/α,β-unsaturated/α-hetero) is 1. The summed E-state index contributed by atoms with van der Waals surface area (Å²) in [5.41, 5.74) is -0.583. The lowest BCUT2D eigenvalue weighted by atomic mass is 9.98. The summed E-state index contributed by atoms with van der Waals surface area (Å²) in [5.74, 6) is -1.75. The zero-order valence-corrected chi connectivity index (χ0v) is 9.53. The van der Waals surface area contributed by atoms with Gasteiger partial charge in [0, 0.05) is 6.42 Å². The van der Waals surface area contributed by atoms with Gasteiger partial charge in [-0.3, -0.25) is 9.59 Å². The van der Waals surface area contributed by atoms with Crippen molar-refractivity contribution in [1.29, 1.82) is 0 Å². The first-order valence-electron chi connectivity index (χ1n) is 4.52. The molecule has 0 saturated carbocycles. The van der Waals surface area contributed by atoms with Crippen LogP contribution in [-0.2, 0) is 14.4 Å². The molecule has 2 N–H and O–H groups in total.